The van der Waals surface area contributed by atoms with Gasteiger partial charge in [0.25, 0.3) is 0 Å². The minimum atomic E-state index is -0.544. The van der Waals surface area contributed by atoms with Crippen LogP contribution in [0, 0.1) is 18.6 Å². The fourth-order valence-corrected chi connectivity index (χ4v) is 2.76. The van der Waals surface area contributed by atoms with Crippen molar-refractivity contribution in [1.29, 1.82) is 0 Å². The first-order chi connectivity index (χ1) is 9.97. The molecule has 1 atom stereocenters. The Morgan fingerprint density at radius 1 is 1.14 bits per heavy atom. The second-order valence-electron chi connectivity index (χ2n) is 4.88. The maximum Gasteiger partial charge on any atom is 0.137 e. The van der Waals surface area contributed by atoms with Crippen molar-refractivity contribution in [1.82, 2.24) is 0 Å². The summed E-state index contributed by atoms with van der Waals surface area (Å²) in [7, 11) is 0. The Morgan fingerprint density at radius 2 is 1.90 bits per heavy atom. The summed E-state index contributed by atoms with van der Waals surface area (Å²) in [6.45, 7) is 1.83. The van der Waals surface area contributed by atoms with E-state index in [1.807, 2.05) is 6.92 Å². The fourth-order valence-electron chi connectivity index (χ4n) is 2.37. The van der Waals surface area contributed by atoms with Crippen molar-refractivity contribution in [2.45, 2.75) is 13.0 Å². The standard InChI is InChI=1S/C16H12BrF2NO/c1-8-11-7-10(18)3-5-14(11)21-16(8)15(20)9-2-4-13(19)12(17)6-9/h2-7,15H,20H2,1H3. The van der Waals surface area contributed by atoms with E-state index in [1.165, 1.54) is 18.2 Å². The SMILES string of the molecule is Cc1c(C(N)c2ccc(F)c(Br)c2)oc2ccc(F)cc12. The first-order valence-electron chi connectivity index (χ1n) is 6.36. The molecule has 3 rings (SSSR count). The van der Waals surface area contributed by atoms with Gasteiger partial charge in [-0.1, -0.05) is 6.07 Å². The molecule has 108 valence electrons. The molecule has 3 aromatic rings. The van der Waals surface area contributed by atoms with Crippen LogP contribution in [0.5, 0.6) is 0 Å². The third kappa shape index (κ3) is 2.47. The molecule has 0 radical (unpaired) electrons. The van der Waals surface area contributed by atoms with Crippen molar-refractivity contribution in [3.8, 4) is 0 Å². The molecular formula is C16H12BrF2NO. The van der Waals surface area contributed by atoms with Gasteiger partial charge in [0, 0.05) is 10.9 Å². The lowest BCUT2D eigenvalue weighted by atomic mass is 10.0. The monoisotopic (exact) mass is 351 g/mol. The van der Waals surface area contributed by atoms with Gasteiger partial charge in [0.05, 0.1) is 10.5 Å². The molecule has 21 heavy (non-hydrogen) atoms. The Morgan fingerprint density at radius 3 is 2.62 bits per heavy atom. The number of hydrogen-bond donors (Lipinski definition) is 1. The highest BCUT2D eigenvalue weighted by Crippen LogP contribution is 2.33. The van der Waals surface area contributed by atoms with Gasteiger partial charge in [0.1, 0.15) is 23.0 Å². The molecular weight excluding hydrogens is 340 g/mol. The zero-order valence-corrected chi connectivity index (χ0v) is 12.7. The molecule has 1 aromatic heterocycles. The van der Waals surface area contributed by atoms with Crippen molar-refractivity contribution in [3.63, 3.8) is 0 Å². The summed E-state index contributed by atoms with van der Waals surface area (Å²) in [6, 6.07) is 8.37. The Balaban J connectivity index is 2.10. The van der Waals surface area contributed by atoms with Crippen LogP contribution in [0.15, 0.2) is 45.3 Å². The number of aryl methyl sites for hydroxylation is 1. The lowest BCUT2D eigenvalue weighted by molar-refractivity contribution is 0.520. The third-order valence-electron chi connectivity index (χ3n) is 3.52. The Bertz CT molecular complexity index is 829. The van der Waals surface area contributed by atoms with Gasteiger partial charge in [-0.25, -0.2) is 8.78 Å². The van der Waals surface area contributed by atoms with Crippen LogP contribution in [-0.4, -0.2) is 0 Å². The Labute approximate surface area is 128 Å². The largest absolute Gasteiger partial charge is 0.459 e. The molecule has 5 heteroatoms. The molecule has 0 aliphatic rings. The first kappa shape index (κ1) is 14.2. The van der Waals surface area contributed by atoms with Crippen LogP contribution in [0.4, 0.5) is 8.78 Å². The van der Waals surface area contributed by atoms with Gasteiger partial charge >= 0.3 is 0 Å². The smallest absolute Gasteiger partial charge is 0.137 e. The van der Waals surface area contributed by atoms with E-state index in [2.05, 4.69) is 15.9 Å². The van der Waals surface area contributed by atoms with E-state index in [-0.39, 0.29) is 11.6 Å². The summed E-state index contributed by atoms with van der Waals surface area (Å²) in [5.74, 6) is -0.125. The summed E-state index contributed by atoms with van der Waals surface area (Å²) in [5.41, 5.74) is 8.29. The van der Waals surface area contributed by atoms with Crippen LogP contribution >= 0.6 is 15.9 Å². The molecule has 1 unspecified atom stereocenters. The first-order valence-corrected chi connectivity index (χ1v) is 7.15. The van der Waals surface area contributed by atoms with Crippen molar-refractivity contribution in [2.75, 3.05) is 0 Å². The van der Waals surface area contributed by atoms with Gasteiger partial charge in [-0.3, -0.25) is 0 Å². The minimum Gasteiger partial charge on any atom is -0.459 e. The molecule has 2 N–H and O–H groups in total. The van der Waals surface area contributed by atoms with E-state index in [0.717, 1.165) is 5.56 Å². The Kier molecular flexibility index (Phi) is 3.55. The summed E-state index contributed by atoms with van der Waals surface area (Å²) >= 11 is 3.14. The number of nitrogens with two attached hydrogens (primary N) is 1. The zero-order chi connectivity index (χ0) is 15.1. The van der Waals surface area contributed by atoms with Crippen molar-refractivity contribution < 1.29 is 13.2 Å². The predicted molar refractivity (Wildman–Crippen MR) is 81.0 cm³/mol. The number of rotatable bonds is 2. The maximum absolute atomic E-state index is 13.3. The highest BCUT2D eigenvalue weighted by molar-refractivity contribution is 9.10. The average Bonchev–Trinajstić information content (AvgIpc) is 2.78. The molecule has 0 bridgehead atoms. The molecule has 0 spiro atoms. The fraction of sp³-hybridized carbons (Fsp3) is 0.125. The van der Waals surface area contributed by atoms with Crippen LogP contribution in [0.3, 0.4) is 0 Å². The van der Waals surface area contributed by atoms with Crippen LogP contribution in [0.2, 0.25) is 0 Å². The van der Waals surface area contributed by atoms with Crippen LogP contribution in [0.1, 0.15) is 22.9 Å². The normalized spacial score (nSPS) is 12.8. The van der Waals surface area contributed by atoms with E-state index in [9.17, 15) is 8.78 Å². The number of benzene rings is 2. The van der Waals surface area contributed by atoms with Crippen LogP contribution in [-0.2, 0) is 0 Å². The number of fused-ring (bicyclic) bond motifs is 1. The van der Waals surface area contributed by atoms with Crippen molar-refractivity contribution in [3.05, 3.63) is 69.4 Å². The predicted octanol–water partition coefficient (Wildman–Crippen LogP) is 4.83. The van der Waals surface area contributed by atoms with Crippen LogP contribution < -0.4 is 5.73 Å². The summed E-state index contributed by atoms with van der Waals surface area (Å²) in [4.78, 5) is 0. The topological polar surface area (TPSA) is 39.2 Å². The van der Waals surface area contributed by atoms with Gasteiger partial charge in [-0.05, 0) is 58.7 Å². The Hall–Kier alpha value is -1.72. The maximum atomic E-state index is 13.3. The lowest BCUT2D eigenvalue weighted by Gasteiger charge is -2.11. The number of hydrogen-bond acceptors (Lipinski definition) is 2. The molecule has 0 fully saturated rings. The molecule has 0 aliphatic carbocycles. The van der Waals surface area contributed by atoms with E-state index in [4.69, 9.17) is 10.2 Å². The lowest BCUT2D eigenvalue weighted by Crippen LogP contribution is -2.12. The molecule has 1 heterocycles. The molecule has 2 nitrogen and oxygen atoms in total. The van der Waals surface area contributed by atoms with Crippen molar-refractivity contribution in [2.24, 2.45) is 5.73 Å². The summed E-state index contributed by atoms with van der Waals surface area (Å²) in [5, 5.41) is 0.696. The highest BCUT2D eigenvalue weighted by atomic mass is 79.9. The van der Waals surface area contributed by atoms with Gasteiger partial charge in [0.15, 0.2) is 0 Å². The van der Waals surface area contributed by atoms with Gasteiger partial charge < -0.3 is 10.2 Å². The van der Waals surface area contributed by atoms with Gasteiger partial charge in [0.2, 0.25) is 0 Å². The molecule has 0 amide bonds. The quantitative estimate of drug-likeness (QED) is 0.718. The molecule has 0 saturated carbocycles. The van der Waals surface area contributed by atoms with Crippen LogP contribution in [0.25, 0.3) is 11.0 Å². The van der Waals surface area contributed by atoms with E-state index < -0.39 is 6.04 Å². The van der Waals surface area contributed by atoms with Gasteiger partial charge in [-0.15, -0.1) is 0 Å². The average molecular weight is 352 g/mol. The van der Waals surface area contributed by atoms with Crippen molar-refractivity contribution >= 4 is 26.9 Å². The molecule has 2 aromatic carbocycles. The van der Waals surface area contributed by atoms with Gasteiger partial charge in [-0.2, -0.15) is 0 Å². The molecule has 0 aliphatic heterocycles. The third-order valence-corrected chi connectivity index (χ3v) is 4.13. The summed E-state index contributed by atoms with van der Waals surface area (Å²) < 4.78 is 32.7. The number of furan rings is 1. The zero-order valence-electron chi connectivity index (χ0n) is 11.2. The van der Waals surface area contributed by atoms with E-state index in [0.29, 0.717) is 26.8 Å². The molecule has 0 saturated heterocycles. The highest BCUT2D eigenvalue weighted by Gasteiger charge is 2.19. The summed E-state index contributed by atoms with van der Waals surface area (Å²) in [6.07, 6.45) is 0. The second-order valence-corrected chi connectivity index (χ2v) is 5.74. The number of halogens is 3. The van der Waals surface area contributed by atoms with E-state index >= 15 is 0 Å². The second kappa shape index (κ2) is 5.24. The van der Waals surface area contributed by atoms with E-state index in [1.54, 1.807) is 18.2 Å². The minimum absolute atomic E-state index is 0.323.